The third-order valence-electron chi connectivity index (χ3n) is 5.78. The van der Waals surface area contributed by atoms with E-state index in [0.717, 1.165) is 73.2 Å². The molecule has 0 radical (unpaired) electrons. The van der Waals surface area contributed by atoms with Crippen molar-refractivity contribution in [2.24, 2.45) is 0 Å². The Morgan fingerprint density at radius 3 is 2.68 bits per heavy atom. The van der Waals surface area contributed by atoms with Crippen molar-refractivity contribution in [3.05, 3.63) is 35.9 Å². The van der Waals surface area contributed by atoms with Gasteiger partial charge in [-0.1, -0.05) is 25.5 Å². The molecule has 1 amide bonds. The van der Waals surface area contributed by atoms with E-state index >= 15 is 0 Å². The third kappa shape index (κ3) is 3.33. The van der Waals surface area contributed by atoms with Crippen LogP contribution in [-0.2, 0) is 4.79 Å². The predicted octanol–water partition coefficient (Wildman–Crippen LogP) is 1.86. The van der Waals surface area contributed by atoms with Crippen LogP contribution in [0.1, 0.15) is 36.5 Å². The van der Waals surface area contributed by atoms with E-state index in [-0.39, 0.29) is 12.5 Å². The predicted molar refractivity (Wildman–Crippen MR) is 109 cm³/mol. The fraction of sp³-hybridized carbons (Fsp3) is 0.455. The number of unbranched alkanes of at least 4 members (excludes halogenated alkanes) is 1. The van der Waals surface area contributed by atoms with Crippen LogP contribution in [0.25, 0.3) is 10.8 Å². The third-order valence-corrected chi connectivity index (χ3v) is 5.78. The molecule has 0 unspecified atom stereocenters. The van der Waals surface area contributed by atoms with Crippen molar-refractivity contribution < 1.29 is 14.7 Å². The highest BCUT2D eigenvalue weighted by molar-refractivity contribution is 6.26. The van der Waals surface area contributed by atoms with Gasteiger partial charge in [0.25, 0.3) is 5.91 Å². The minimum absolute atomic E-state index is 0.0153. The van der Waals surface area contributed by atoms with E-state index in [1.807, 2.05) is 21.9 Å². The van der Waals surface area contributed by atoms with Crippen molar-refractivity contribution in [2.45, 2.75) is 26.2 Å². The summed E-state index contributed by atoms with van der Waals surface area (Å²) < 4.78 is 0. The molecule has 0 bridgehead atoms. The zero-order valence-electron chi connectivity index (χ0n) is 16.3. The van der Waals surface area contributed by atoms with Gasteiger partial charge in [-0.25, -0.2) is 0 Å². The van der Waals surface area contributed by atoms with E-state index in [4.69, 9.17) is 0 Å². The maximum atomic E-state index is 12.9. The van der Waals surface area contributed by atoms with Crippen LogP contribution in [0.5, 0.6) is 0 Å². The Labute approximate surface area is 165 Å². The number of carbonyl (C=O) groups excluding carboxylic acids is 2. The van der Waals surface area contributed by atoms with Crippen LogP contribution in [0.3, 0.4) is 0 Å². The van der Waals surface area contributed by atoms with Crippen LogP contribution in [0.2, 0.25) is 0 Å². The van der Waals surface area contributed by atoms with E-state index in [9.17, 15) is 14.7 Å². The Morgan fingerprint density at radius 1 is 1.07 bits per heavy atom. The summed E-state index contributed by atoms with van der Waals surface area (Å²) >= 11 is 0. The van der Waals surface area contributed by atoms with Gasteiger partial charge in [-0.3, -0.25) is 9.69 Å². The Hall–Kier alpha value is -2.60. The molecule has 1 fully saturated rings. The molecular formula is C22H26N3O3-. The van der Waals surface area contributed by atoms with Crippen LogP contribution >= 0.6 is 0 Å². The van der Waals surface area contributed by atoms with Crippen molar-refractivity contribution in [1.82, 2.24) is 4.90 Å². The summed E-state index contributed by atoms with van der Waals surface area (Å²) in [7, 11) is 0. The summed E-state index contributed by atoms with van der Waals surface area (Å²) in [6.07, 6.45) is 2.94. The number of anilines is 2. The lowest BCUT2D eigenvalue weighted by Crippen LogP contribution is -2.40. The number of rotatable bonds is 6. The van der Waals surface area contributed by atoms with Gasteiger partial charge in [-0.2, -0.15) is 0 Å². The first-order valence-corrected chi connectivity index (χ1v) is 10.1. The highest BCUT2D eigenvalue weighted by Gasteiger charge is 2.30. The summed E-state index contributed by atoms with van der Waals surface area (Å²) in [5.74, 6) is -0.924. The fourth-order valence-corrected chi connectivity index (χ4v) is 4.40. The monoisotopic (exact) mass is 380 g/mol. The van der Waals surface area contributed by atoms with Crippen molar-refractivity contribution in [3.63, 3.8) is 0 Å². The number of hydrogen-bond donors (Lipinski definition) is 0. The smallest absolute Gasteiger partial charge is 0.258 e. The van der Waals surface area contributed by atoms with Crippen molar-refractivity contribution in [2.75, 3.05) is 49.1 Å². The summed E-state index contributed by atoms with van der Waals surface area (Å²) in [6.45, 7) is 5.96. The molecule has 0 spiro atoms. The molecule has 28 heavy (non-hydrogen) atoms. The van der Waals surface area contributed by atoms with Crippen LogP contribution in [0, 0.1) is 0 Å². The zero-order valence-corrected chi connectivity index (χ0v) is 16.3. The maximum Gasteiger partial charge on any atom is 0.258 e. The zero-order chi connectivity index (χ0) is 19.7. The number of hydrogen-bond acceptors (Lipinski definition) is 5. The molecule has 0 aliphatic carbocycles. The van der Waals surface area contributed by atoms with E-state index < -0.39 is 5.97 Å². The van der Waals surface area contributed by atoms with E-state index in [1.54, 1.807) is 0 Å². The minimum Gasteiger partial charge on any atom is -0.549 e. The van der Waals surface area contributed by atoms with Gasteiger partial charge in [0.2, 0.25) is 0 Å². The average Bonchev–Trinajstić information content (AvgIpc) is 2.83. The molecule has 4 rings (SSSR count). The van der Waals surface area contributed by atoms with Crippen molar-refractivity contribution >= 4 is 34.0 Å². The van der Waals surface area contributed by atoms with Crippen LogP contribution in [-0.4, -0.2) is 56.0 Å². The number of carboxylic acids is 1. The molecule has 2 aliphatic rings. The number of benzene rings is 2. The van der Waals surface area contributed by atoms with Gasteiger partial charge in [-0.05, 0) is 31.0 Å². The Kier molecular flexibility index (Phi) is 5.22. The van der Waals surface area contributed by atoms with Gasteiger partial charge < -0.3 is 19.7 Å². The van der Waals surface area contributed by atoms with Crippen molar-refractivity contribution in [3.8, 4) is 0 Å². The van der Waals surface area contributed by atoms with Crippen LogP contribution in [0.15, 0.2) is 30.3 Å². The van der Waals surface area contributed by atoms with Gasteiger partial charge in [0.05, 0.1) is 11.7 Å². The molecule has 0 aromatic heterocycles. The van der Waals surface area contributed by atoms with Gasteiger partial charge in [0, 0.05) is 61.3 Å². The highest BCUT2D eigenvalue weighted by Crippen LogP contribution is 2.41. The number of aliphatic carboxylic acids is 1. The van der Waals surface area contributed by atoms with Gasteiger partial charge in [0.1, 0.15) is 0 Å². The lowest BCUT2D eigenvalue weighted by molar-refractivity contribution is -0.306. The second-order valence-electron chi connectivity index (χ2n) is 7.63. The first kappa shape index (κ1) is 18.7. The second-order valence-corrected chi connectivity index (χ2v) is 7.63. The lowest BCUT2D eigenvalue weighted by atomic mass is 10.0. The maximum absolute atomic E-state index is 12.9. The van der Waals surface area contributed by atoms with Gasteiger partial charge in [-0.15, -0.1) is 0 Å². The first-order valence-electron chi connectivity index (χ1n) is 10.1. The highest BCUT2D eigenvalue weighted by atomic mass is 16.4. The SMILES string of the molecule is CCCCN1C(=O)c2cccc3c(N4CCCN(CC(=O)[O-])CC4)ccc1c23. The molecule has 6 heteroatoms. The molecule has 0 N–H and O–H groups in total. The molecular weight excluding hydrogens is 354 g/mol. The fourth-order valence-electron chi connectivity index (χ4n) is 4.40. The van der Waals surface area contributed by atoms with E-state index in [1.165, 1.54) is 0 Å². The summed E-state index contributed by atoms with van der Waals surface area (Å²) in [4.78, 5) is 30.0. The quantitative estimate of drug-likeness (QED) is 0.765. The Balaban J connectivity index is 1.66. The average molecular weight is 380 g/mol. The van der Waals surface area contributed by atoms with Crippen LogP contribution < -0.4 is 14.9 Å². The lowest BCUT2D eigenvalue weighted by Gasteiger charge is -2.26. The normalized spacial score (nSPS) is 17.4. The summed E-state index contributed by atoms with van der Waals surface area (Å²) in [5.41, 5.74) is 2.93. The van der Waals surface area contributed by atoms with Gasteiger partial charge >= 0.3 is 0 Å². The minimum atomic E-state index is -1.02. The summed E-state index contributed by atoms with van der Waals surface area (Å²) in [5, 5.41) is 13.1. The first-order chi connectivity index (χ1) is 13.6. The van der Waals surface area contributed by atoms with E-state index in [0.29, 0.717) is 6.54 Å². The second kappa shape index (κ2) is 7.80. The molecule has 0 atom stereocenters. The molecule has 2 aromatic carbocycles. The molecule has 2 aromatic rings. The molecule has 148 valence electrons. The molecule has 0 saturated carbocycles. The molecule has 2 aliphatic heterocycles. The topological polar surface area (TPSA) is 66.9 Å². The molecule has 2 heterocycles. The Bertz CT molecular complexity index is 911. The van der Waals surface area contributed by atoms with E-state index in [2.05, 4.69) is 30.0 Å². The molecule has 6 nitrogen and oxygen atoms in total. The standard InChI is InChI=1S/C22H27N3O3/c1-2-3-12-25-19-9-8-18(16-6-4-7-17(21(16)19)22(25)28)24-11-5-10-23(13-14-24)15-20(26)27/h4,6-9H,2-3,5,10-15H2,1H3,(H,26,27)/p-1. The van der Waals surface area contributed by atoms with Gasteiger partial charge in [0.15, 0.2) is 0 Å². The molecule has 1 saturated heterocycles. The van der Waals surface area contributed by atoms with Crippen LogP contribution in [0.4, 0.5) is 11.4 Å². The number of nitrogens with zero attached hydrogens (tertiary/aromatic N) is 3. The number of carboxylic acid groups (broad SMARTS) is 1. The summed E-state index contributed by atoms with van der Waals surface area (Å²) in [6, 6.07) is 10.2. The number of carbonyl (C=O) groups is 2. The Morgan fingerprint density at radius 2 is 1.89 bits per heavy atom. The van der Waals surface area contributed by atoms with Crippen molar-refractivity contribution in [1.29, 1.82) is 0 Å². The number of amides is 1. The largest absolute Gasteiger partial charge is 0.549 e.